The molecule has 0 aromatic carbocycles. The summed E-state index contributed by atoms with van der Waals surface area (Å²) in [6.07, 6.45) is -3.11. The van der Waals surface area contributed by atoms with Gasteiger partial charge in [-0.3, -0.25) is 14.9 Å². The molecule has 1 aliphatic rings. The Morgan fingerprint density at radius 3 is 2.30 bits per heavy atom. The molecule has 1 saturated heterocycles. The molecular formula is C5H5F2NO2. The smallest absolute Gasteiger partial charge is 0.250 e. The van der Waals surface area contributed by atoms with Gasteiger partial charge in [0.25, 0.3) is 6.43 Å². The molecule has 1 rings (SSSR count). The summed E-state index contributed by atoms with van der Waals surface area (Å²) in [7, 11) is 0. The van der Waals surface area contributed by atoms with Crippen molar-refractivity contribution in [2.45, 2.75) is 12.8 Å². The van der Waals surface area contributed by atoms with Crippen molar-refractivity contribution in [3.8, 4) is 0 Å². The lowest BCUT2D eigenvalue weighted by atomic mass is 10.1. The molecule has 56 valence electrons. The van der Waals surface area contributed by atoms with Gasteiger partial charge in [-0.1, -0.05) is 0 Å². The molecule has 1 atom stereocenters. The maximum absolute atomic E-state index is 11.8. The van der Waals surface area contributed by atoms with Crippen molar-refractivity contribution in [2.75, 3.05) is 0 Å². The van der Waals surface area contributed by atoms with E-state index in [1.165, 1.54) is 0 Å². The molecule has 0 radical (unpaired) electrons. The van der Waals surface area contributed by atoms with E-state index in [0.717, 1.165) is 0 Å². The summed E-state index contributed by atoms with van der Waals surface area (Å²) >= 11 is 0. The van der Waals surface area contributed by atoms with E-state index in [1.807, 2.05) is 0 Å². The van der Waals surface area contributed by atoms with Crippen molar-refractivity contribution in [1.29, 1.82) is 0 Å². The van der Waals surface area contributed by atoms with Crippen LogP contribution in [0.15, 0.2) is 0 Å². The van der Waals surface area contributed by atoms with Crippen LogP contribution >= 0.6 is 0 Å². The van der Waals surface area contributed by atoms with Crippen molar-refractivity contribution >= 4 is 11.8 Å². The Morgan fingerprint density at radius 1 is 1.50 bits per heavy atom. The summed E-state index contributed by atoms with van der Waals surface area (Å²) in [6.45, 7) is 0. The number of nitrogens with one attached hydrogen (secondary N) is 1. The lowest BCUT2D eigenvalue weighted by Gasteiger charge is -2.00. The largest absolute Gasteiger partial charge is 0.296 e. The molecule has 0 aromatic heterocycles. The Morgan fingerprint density at radius 2 is 2.10 bits per heavy atom. The van der Waals surface area contributed by atoms with Gasteiger partial charge in [0.15, 0.2) is 0 Å². The van der Waals surface area contributed by atoms with Crippen molar-refractivity contribution in [3.63, 3.8) is 0 Å². The molecule has 0 aliphatic carbocycles. The maximum atomic E-state index is 11.8. The van der Waals surface area contributed by atoms with Gasteiger partial charge in [0.05, 0.1) is 0 Å². The van der Waals surface area contributed by atoms with E-state index in [1.54, 1.807) is 5.32 Å². The van der Waals surface area contributed by atoms with Gasteiger partial charge < -0.3 is 0 Å². The normalized spacial score (nSPS) is 25.7. The van der Waals surface area contributed by atoms with Gasteiger partial charge in [-0.25, -0.2) is 8.78 Å². The molecule has 10 heavy (non-hydrogen) atoms. The topological polar surface area (TPSA) is 46.2 Å². The van der Waals surface area contributed by atoms with Crippen LogP contribution in [0.1, 0.15) is 6.42 Å². The van der Waals surface area contributed by atoms with E-state index in [0.29, 0.717) is 0 Å². The molecule has 0 saturated carbocycles. The van der Waals surface area contributed by atoms with Crippen LogP contribution in [-0.4, -0.2) is 18.2 Å². The molecule has 0 aromatic rings. The first kappa shape index (κ1) is 7.11. The molecule has 3 nitrogen and oxygen atoms in total. The molecule has 5 heteroatoms. The first-order valence-electron chi connectivity index (χ1n) is 2.73. The summed E-state index contributed by atoms with van der Waals surface area (Å²) in [5.41, 5.74) is 0. The van der Waals surface area contributed by atoms with E-state index >= 15 is 0 Å². The van der Waals surface area contributed by atoms with Gasteiger partial charge in [0, 0.05) is 6.42 Å². The Hall–Kier alpha value is -1.00. The predicted octanol–water partition coefficient (Wildman–Crippen LogP) is -0.0858. The average Bonchev–Trinajstić information content (AvgIpc) is 2.10. The molecule has 1 unspecified atom stereocenters. The van der Waals surface area contributed by atoms with E-state index in [9.17, 15) is 18.4 Å². The van der Waals surface area contributed by atoms with Crippen LogP contribution in [0, 0.1) is 5.92 Å². The zero-order chi connectivity index (χ0) is 7.72. The highest BCUT2D eigenvalue weighted by atomic mass is 19.3. The first-order valence-corrected chi connectivity index (χ1v) is 2.73. The highest BCUT2D eigenvalue weighted by Crippen LogP contribution is 2.18. The average molecular weight is 149 g/mol. The summed E-state index contributed by atoms with van der Waals surface area (Å²) in [5.74, 6) is -2.90. The summed E-state index contributed by atoms with van der Waals surface area (Å²) < 4.78 is 23.5. The van der Waals surface area contributed by atoms with Crippen molar-refractivity contribution < 1.29 is 18.4 Å². The summed E-state index contributed by atoms with van der Waals surface area (Å²) in [5, 5.41) is 1.79. The number of carbonyl (C=O) groups is 2. The van der Waals surface area contributed by atoms with Gasteiger partial charge in [0.1, 0.15) is 5.92 Å². The number of hydrogen-bond donors (Lipinski definition) is 1. The van der Waals surface area contributed by atoms with Crippen LogP contribution < -0.4 is 5.32 Å². The second-order valence-corrected chi connectivity index (χ2v) is 2.06. The minimum Gasteiger partial charge on any atom is -0.296 e. The molecule has 0 bridgehead atoms. The van der Waals surface area contributed by atoms with Gasteiger partial charge in [0.2, 0.25) is 11.8 Å². The number of hydrogen-bond acceptors (Lipinski definition) is 2. The van der Waals surface area contributed by atoms with Gasteiger partial charge in [-0.15, -0.1) is 0 Å². The second-order valence-electron chi connectivity index (χ2n) is 2.06. The highest BCUT2D eigenvalue weighted by Gasteiger charge is 2.37. The molecule has 2 amide bonds. The van der Waals surface area contributed by atoms with Crippen LogP contribution in [0.2, 0.25) is 0 Å². The van der Waals surface area contributed by atoms with Crippen LogP contribution in [-0.2, 0) is 9.59 Å². The van der Waals surface area contributed by atoms with E-state index in [-0.39, 0.29) is 6.42 Å². The molecule has 0 spiro atoms. The molecule has 1 N–H and O–H groups in total. The Labute approximate surface area is 55.4 Å². The van der Waals surface area contributed by atoms with E-state index in [2.05, 4.69) is 0 Å². The van der Waals surface area contributed by atoms with Gasteiger partial charge >= 0.3 is 0 Å². The first-order chi connectivity index (χ1) is 4.61. The Kier molecular flexibility index (Phi) is 1.65. The highest BCUT2D eigenvalue weighted by molar-refractivity contribution is 6.03. The van der Waals surface area contributed by atoms with Crippen molar-refractivity contribution in [1.82, 2.24) is 5.32 Å². The number of halogens is 2. The molecule has 1 fully saturated rings. The SMILES string of the molecule is O=C1CC(C(F)F)C(=O)N1. The minimum atomic E-state index is -2.73. The fraction of sp³-hybridized carbons (Fsp3) is 0.600. The lowest BCUT2D eigenvalue weighted by molar-refractivity contribution is -0.127. The van der Waals surface area contributed by atoms with Crippen LogP contribution in [0.25, 0.3) is 0 Å². The van der Waals surface area contributed by atoms with Gasteiger partial charge in [-0.2, -0.15) is 0 Å². The number of imide groups is 1. The van der Waals surface area contributed by atoms with E-state index < -0.39 is 24.2 Å². The summed E-state index contributed by atoms with van der Waals surface area (Å²) in [4.78, 5) is 20.7. The number of rotatable bonds is 1. The minimum absolute atomic E-state index is 0.378. The Bertz CT molecular complexity index is 180. The third-order valence-electron chi connectivity index (χ3n) is 1.31. The fourth-order valence-corrected chi connectivity index (χ4v) is 0.777. The lowest BCUT2D eigenvalue weighted by Crippen LogP contribution is -2.25. The monoisotopic (exact) mass is 149 g/mol. The quantitative estimate of drug-likeness (QED) is 0.530. The van der Waals surface area contributed by atoms with Crippen LogP contribution in [0.3, 0.4) is 0 Å². The predicted molar refractivity (Wildman–Crippen MR) is 27.3 cm³/mol. The van der Waals surface area contributed by atoms with Gasteiger partial charge in [-0.05, 0) is 0 Å². The third-order valence-corrected chi connectivity index (χ3v) is 1.31. The molecule has 1 heterocycles. The van der Waals surface area contributed by atoms with Crippen LogP contribution in [0.5, 0.6) is 0 Å². The molecule has 1 aliphatic heterocycles. The summed E-state index contributed by atoms with van der Waals surface area (Å²) in [6, 6.07) is 0. The van der Waals surface area contributed by atoms with Crippen molar-refractivity contribution in [2.24, 2.45) is 5.92 Å². The van der Waals surface area contributed by atoms with E-state index in [4.69, 9.17) is 0 Å². The van der Waals surface area contributed by atoms with Crippen LogP contribution in [0.4, 0.5) is 8.78 Å². The van der Waals surface area contributed by atoms with Crippen molar-refractivity contribution in [3.05, 3.63) is 0 Å². The standard InChI is InChI=1S/C5H5F2NO2/c6-4(7)2-1-3(9)8-5(2)10/h2,4H,1H2,(H,8,9,10). The number of carbonyl (C=O) groups excluding carboxylic acids is 2. The fourth-order valence-electron chi connectivity index (χ4n) is 0.777. The number of amides is 2. The zero-order valence-corrected chi connectivity index (χ0v) is 4.93. The second kappa shape index (κ2) is 2.32. The zero-order valence-electron chi connectivity index (χ0n) is 4.93. The number of alkyl halides is 2. The third kappa shape index (κ3) is 1.12. The Balaban J connectivity index is 2.63. The molecular weight excluding hydrogens is 144 g/mol. The maximum Gasteiger partial charge on any atom is 0.250 e.